The highest BCUT2D eigenvalue weighted by Gasteiger charge is 2.07. The van der Waals surface area contributed by atoms with Crippen LogP contribution in [0, 0.1) is 6.92 Å². The predicted molar refractivity (Wildman–Crippen MR) is 78.0 cm³/mol. The lowest BCUT2D eigenvalue weighted by atomic mass is 10.1. The molecule has 1 aromatic rings. The van der Waals surface area contributed by atoms with E-state index in [1.54, 1.807) is 0 Å². The molecule has 1 aliphatic rings. The number of unbranched alkanes of at least 4 members (excludes halogenated alkanes) is 1. The van der Waals surface area contributed by atoms with Crippen molar-refractivity contribution in [1.82, 2.24) is 10.2 Å². The SMILES string of the molecule is Cc1ccc(CCCCN2CCCNCC2)cc1. The van der Waals surface area contributed by atoms with E-state index in [4.69, 9.17) is 0 Å². The van der Waals surface area contributed by atoms with Crippen LogP contribution in [0.3, 0.4) is 0 Å². The quantitative estimate of drug-likeness (QED) is 0.803. The second kappa shape index (κ2) is 7.55. The smallest absolute Gasteiger partial charge is 0.0107 e. The Labute approximate surface area is 111 Å². The highest BCUT2D eigenvalue weighted by Crippen LogP contribution is 2.08. The molecule has 1 aromatic carbocycles. The Kier molecular flexibility index (Phi) is 5.69. The van der Waals surface area contributed by atoms with E-state index in [9.17, 15) is 0 Å². The van der Waals surface area contributed by atoms with E-state index >= 15 is 0 Å². The molecule has 100 valence electrons. The summed E-state index contributed by atoms with van der Waals surface area (Å²) in [4.78, 5) is 2.61. The lowest BCUT2D eigenvalue weighted by molar-refractivity contribution is 0.286. The Morgan fingerprint density at radius 3 is 2.72 bits per heavy atom. The average Bonchev–Trinajstić information content (AvgIpc) is 2.65. The van der Waals surface area contributed by atoms with E-state index in [0.29, 0.717) is 0 Å². The maximum absolute atomic E-state index is 3.46. The number of nitrogens with zero attached hydrogens (tertiary/aromatic N) is 1. The monoisotopic (exact) mass is 246 g/mol. The van der Waals surface area contributed by atoms with E-state index in [-0.39, 0.29) is 0 Å². The molecule has 1 heterocycles. The molecule has 2 nitrogen and oxygen atoms in total. The van der Waals surface area contributed by atoms with Crippen LogP contribution in [-0.2, 0) is 6.42 Å². The number of nitrogens with one attached hydrogen (secondary N) is 1. The topological polar surface area (TPSA) is 15.3 Å². The van der Waals surface area contributed by atoms with Gasteiger partial charge in [0.15, 0.2) is 0 Å². The molecule has 2 heteroatoms. The Bertz CT molecular complexity index is 323. The van der Waals surface area contributed by atoms with Crippen molar-refractivity contribution in [2.45, 2.75) is 32.6 Å². The fourth-order valence-corrected chi connectivity index (χ4v) is 2.54. The van der Waals surface area contributed by atoms with Crippen molar-refractivity contribution in [3.63, 3.8) is 0 Å². The van der Waals surface area contributed by atoms with Gasteiger partial charge in [-0.1, -0.05) is 29.8 Å². The van der Waals surface area contributed by atoms with E-state index in [0.717, 1.165) is 6.54 Å². The van der Waals surface area contributed by atoms with Crippen molar-refractivity contribution in [2.75, 3.05) is 32.7 Å². The van der Waals surface area contributed by atoms with E-state index in [2.05, 4.69) is 41.4 Å². The van der Waals surface area contributed by atoms with E-state index in [1.165, 1.54) is 63.0 Å². The van der Waals surface area contributed by atoms with Crippen molar-refractivity contribution in [1.29, 1.82) is 0 Å². The fourth-order valence-electron chi connectivity index (χ4n) is 2.54. The van der Waals surface area contributed by atoms with Gasteiger partial charge in [-0.15, -0.1) is 0 Å². The second-order valence-corrected chi connectivity index (χ2v) is 5.39. The first-order valence-corrected chi connectivity index (χ1v) is 7.33. The molecule has 18 heavy (non-hydrogen) atoms. The third-order valence-corrected chi connectivity index (χ3v) is 3.74. The molecule has 0 unspecified atom stereocenters. The summed E-state index contributed by atoms with van der Waals surface area (Å²) in [5.41, 5.74) is 2.84. The lowest BCUT2D eigenvalue weighted by Gasteiger charge is -2.18. The zero-order chi connectivity index (χ0) is 12.6. The van der Waals surface area contributed by atoms with E-state index in [1.807, 2.05) is 0 Å². The first-order chi connectivity index (χ1) is 8.84. The summed E-state index contributed by atoms with van der Waals surface area (Å²) in [7, 11) is 0. The van der Waals surface area contributed by atoms with Gasteiger partial charge < -0.3 is 10.2 Å². The van der Waals surface area contributed by atoms with Crippen LogP contribution in [0.15, 0.2) is 24.3 Å². The lowest BCUT2D eigenvalue weighted by Crippen LogP contribution is -2.29. The van der Waals surface area contributed by atoms with Gasteiger partial charge in [0.1, 0.15) is 0 Å². The van der Waals surface area contributed by atoms with Gasteiger partial charge in [0.05, 0.1) is 0 Å². The molecule has 0 spiro atoms. The zero-order valence-electron chi connectivity index (χ0n) is 11.6. The summed E-state index contributed by atoms with van der Waals surface area (Å²) >= 11 is 0. The molecule has 0 radical (unpaired) electrons. The summed E-state index contributed by atoms with van der Waals surface area (Å²) in [5.74, 6) is 0. The molecule has 0 aromatic heterocycles. The first-order valence-electron chi connectivity index (χ1n) is 7.33. The number of hydrogen-bond donors (Lipinski definition) is 1. The maximum Gasteiger partial charge on any atom is 0.0107 e. The fraction of sp³-hybridized carbons (Fsp3) is 0.625. The van der Waals surface area contributed by atoms with Crippen LogP contribution in [0.1, 0.15) is 30.4 Å². The van der Waals surface area contributed by atoms with Gasteiger partial charge in [-0.2, -0.15) is 0 Å². The Hall–Kier alpha value is -0.860. The molecular formula is C16H26N2. The molecule has 1 N–H and O–H groups in total. The zero-order valence-corrected chi connectivity index (χ0v) is 11.6. The predicted octanol–water partition coefficient (Wildman–Crippen LogP) is 2.61. The highest BCUT2D eigenvalue weighted by atomic mass is 15.1. The molecular weight excluding hydrogens is 220 g/mol. The van der Waals surface area contributed by atoms with Gasteiger partial charge in [0.25, 0.3) is 0 Å². The van der Waals surface area contributed by atoms with Crippen LogP contribution in [0.4, 0.5) is 0 Å². The first kappa shape index (κ1) is 13.6. The number of hydrogen-bond acceptors (Lipinski definition) is 2. The Morgan fingerprint density at radius 1 is 1.06 bits per heavy atom. The summed E-state index contributed by atoms with van der Waals surface area (Å²) in [6.07, 6.45) is 5.17. The van der Waals surface area contributed by atoms with E-state index < -0.39 is 0 Å². The van der Waals surface area contributed by atoms with Crippen LogP contribution in [0.2, 0.25) is 0 Å². The summed E-state index contributed by atoms with van der Waals surface area (Å²) in [5, 5.41) is 3.46. The van der Waals surface area contributed by atoms with Crippen molar-refractivity contribution < 1.29 is 0 Å². The molecule has 1 aliphatic heterocycles. The molecule has 2 rings (SSSR count). The van der Waals surface area contributed by atoms with Crippen LogP contribution >= 0.6 is 0 Å². The highest BCUT2D eigenvalue weighted by molar-refractivity contribution is 5.21. The van der Waals surface area contributed by atoms with Crippen LogP contribution in [0.25, 0.3) is 0 Å². The standard InChI is InChI=1S/C16H26N2/c1-15-6-8-16(9-7-15)5-2-3-12-18-13-4-10-17-11-14-18/h6-9,17H,2-5,10-14H2,1H3. The minimum absolute atomic E-state index is 1.16. The molecule has 0 bridgehead atoms. The van der Waals surface area contributed by atoms with Crippen molar-refractivity contribution in [3.05, 3.63) is 35.4 Å². The van der Waals surface area contributed by atoms with Gasteiger partial charge in [-0.25, -0.2) is 0 Å². The van der Waals surface area contributed by atoms with Gasteiger partial charge in [-0.3, -0.25) is 0 Å². The molecule has 0 aliphatic carbocycles. The molecule has 0 atom stereocenters. The largest absolute Gasteiger partial charge is 0.315 e. The Morgan fingerprint density at radius 2 is 1.89 bits per heavy atom. The second-order valence-electron chi connectivity index (χ2n) is 5.39. The van der Waals surface area contributed by atoms with Crippen molar-refractivity contribution in [3.8, 4) is 0 Å². The normalized spacial score (nSPS) is 17.6. The van der Waals surface area contributed by atoms with Gasteiger partial charge in [0, 0.05) is 13.1 Å². The van der Waals surface area contributed by atoms with Crippen molar-refractivity contribution in [2.24, 2.45) is 0 Å². The van der Waals surface area contributed by atoms with Gasteiger partial charge >= 0.3 is 0 Å². The van der Waals surface area contributed by atoms with Gasteiger partial charge in [-0.05, 0) is 57.8 Å². The van der Waals surface area contributed by atoms with Crippen molar-refractivity contribution >= 4 is 0 Å². The van der Waals surface area contributed by atoms with Crippen LogP contribution < -0.4 is 5.32 Å². The molecule has 0 amide bonds. The van der Waals surface area contributed by atoms with Crippen LogP contribution in [0.5, 0.6) is 0 Å². The summed E-state index contributed by atoms with van der Waals surface area (Å²) < 4.78 is 0. The number of benzene rings is 1. The molecule has 1 fully saturated rings. The summed E-state index contributed by atoms with van der Waals surface area (Å²) in [6.45, 7) is 8.28. The minimum Gasteiger partial charge on any atom is -0.315 e. The van der Waals surface area contributed by atoms with Crippen LogP contribution in [-0.4, -0.2) is 37.6 Å². The Balaban J connectivity index is 1.61. The third kappa shape index (κ3) is 4.79. The number of aryl methyl sites for hydroxylation is 2. The minimum atomic E-state index is 1.16. The average molecular weight is 246 g/mol. The molecule has 1 saturated heterocycles. The summed E-state index contributed by atoms with van der Waals surface area (Å²) in [6, 6.07) is 8.97. The van der Waals surface area contributed by atoms with Gasteiger partial charge in [0.2, 0.25) is 0 Å². The number of rotatable bonds is 5. The molecule has 0 saturated carbocycles. The maximum atomic E-state index is 3.46. The third-order valence-electron chi connectivity index (χ3n) is 3.74.